The van der Waals surface area contributed by atoms with Crippen molar-refractivity contribution in [3.05, 3.63) is 65.7 Å². The van der Waals surface area contributed by atoms with E-state index in [1.807, 2.05) is 54.6 Å². The molecule has 0 fully saturated rings. The Morgan fingerprint density at radius 1 is 1.15 bits per heavy atom. The second-order valence-electron chi connectivity index (χ2n) is 4.64. The van der Waals surface area contributed by atoms with Gasteiger partial charge in [0.25, 0.3) is 0 Å². The quantitative estimate of drug-likeness (QED) is 0.919. The highest BCUT2D eigenvalue weighted by Crippen LogP contribution is 2.27. The monoisotopic (exact) mass is 264 g/mol. The molecule has 20 heavy (non-hydrogen) atoms. The van der Waals surface area contributed by atoms with Gasteiger partial charge in [0, 0.05) is 12.6 Å². The Labute approximate surface area is 118 Å². The minimum atomic E-state index is -0.277. The molecule has 1 N–H and O–H groups in total. The largest absolute Gasteiger partial charge is 0.326 e. The minimum Gasteiger partial charge on any atom is -0.326 e. The molecule has 0 heterocycles. The van der Waals surface area contributed by atoms with Crippen LogP contribution in [0, 0.1) is 11.3 Å². The fourth-order valence-corrected chi connectivity index (χ4v) is 2.18. The lowest BCUT2D eigenvalue weighted by Gasteiger charge is -2.14. The molecule has 0 saturated heterocycles. The van der Waals surface area contributed by atoms with Gasteiger partial charge < -0.3 is 5.32 Å². The zero-order valence-electron chi connectivity index (χ0n) is 11.3. The van der Waals surface area contributed by atoms with E-state index in [1.165, 1.54) is 6.92 Å². The number of carbonyl (C=O) groups excluding carboxylic acids is 1. The molecule has 0 aliphatic carbocycles. The molecular formula is C17H16N2O. The van der Waals surface area contributed by atoms with Crippen LogP contribution in [0.25, 0.3) is 0 Å². The number of para-hydroxylation sites is 1. The van der Waals surface area contributed by atoms with Crippen molar-refractivity contribution in [2.45, 2.75) is 19.3 Å². The molecule has 0 bridgehead atoms. The lowest BCUT2D eigenvalue weighted by Crippen LogP contribution is -2.10. The van der Waals surface area contributed by atoms with Crippen molar-refractivity contribution in [1.29, 1.82) is 5.26 Å². The molecule has 3 heteroatoms. The molecule has 1 amide bonds. The van der Waals surface area contributed by atoms with Crippen LogP contribution >= 0.6 is 0 Å². The van der Waals surface area contributed by atoms with Crippen LogP contribution in [0.2, 0.25) is 0 Å². The SMILES string of the molecule is CC(=O)Nc1ccccc1[C@H](C#N)Cc1ccccc1. The van der Waals surface area contributed by atoms with E-state index in [1.54, 1.807) is 0 Å². The molecule has 0 aromatic heterocycles. The van der Waals surface area contributed by atoms with Crippen LogP contribution in [-0.4, -0.2) is 5.91 Å². The topological polar surface area (TPSA) is 52.9 Å². The molecule has 1 atom stereocenters. The van der Waals surface area contributed by atoms with Crippen molar-refractivity contribution in [2.75, 3.05) is 5.32 Å². The molecule has 0 aliphatic heterocycles. The molecule has 2 rings (SSSR count). The lowest BCUT2D eigenvalue weighted by molar-refractivity contribution is -0.114. The van der Waals surface area contributed by atoms with Gasteiger partial charge in [0.1, 0.15) is 0 Å². The Morgan fingerprint density at radius 3 is 2.45 bits per heavy atom. The number of nitrogens with zero attached hydrogens (tertiary/aromatic N) is 1. The van der Waals surface area contributed by atoms with Crippen LogP contribution in [0.4, 0.5) is 5.69 Å². The van der Waals surface area contributed by atoms with Crippen molar-refractivity contribution in [1.82, 2.24) is 0 Å². The molecule has 0 radical (unpaired) electrons. The highest BCUT2D eigenvalue weighted by Gasteiger charge is 2.15. The first-order valence-corrected chi connectivity index (χ1v) is 6.50. The van der Waals surface area contributed by atoms with E-state index in [0.717, 1.165) is 11.1 Å². The second-order valence-corrected chi connectivity index (χ2v) is 4.64. The molecule has 2 aromatic rings. The second kappa shape index (κ2) is 6.53. The van der Waals surface area contributed by atoms with Crippen molar-refractivity contribution >= 4 is 11.6 Å². The maximum atomic E-state index is 11.2. The third-order valence-corrected chi connectivity index (χ3v) is 3.09. The number of nitrogens with one attached hydrogen (secondary N) is 1. The minimum absolute atomic E-state index is 0.131. The van der Waals surface area contributed by atoms with Crippen LogP contribution in [-0.2, 0) is 11.2 Å². The van der Waals surface area contributed by atoms with Crippen LogP contribution in [0.15, 0.2) is 54.6 Å². The zero-order valence-corrected chi connectivity index (χ0v) is 11.3. The van der Waals surface area contributed by atoms with E-state index in [-0.39, 0.29) is 11.8 Å². The van der Waals surface area contributed by atoms with Gasteiger partial charge in [-0.05, 0) is 23.6 Å². The Hall–Kier alpha value is -2.60. The summed E-state index contributed by atoms with van der Waals surface area (Å²) in [4.78, 5) is 11.2. The number of nitriles is 1. The molecular weight excluding hydrogens is 248 g/mol. The highest BCUT2D eigenvalue weighted by atomic mass is 16.1. The van der Waals surface area contributed by atoms with Gasteiger partial charge in [-0.2, -0.15) is 5.26 Å². The summed E-state index contributed by atoms with van der Waals surface area (Å²) in [5.74, 6) is -0.408. The van der Waals surface area contributed by atoms with E-state index in [9.17, 15) is 10.1 Å². The van der Waals surface area contributed by atoms with Gasteiger partial charge >= 0.3 is 0 Å². The molecule has 0 aliphatic rings. The van der Waals surface area contributed by atoms with Gasteiger partial charge in [-0.25, -0.2) is 0 Å². The van der Waals surface area contributed by atoms with E-state index in [0.29, 0.717) is 12.1 Å². The summed E-state index contributed by atoms with van der Waals surface area (Å²) in [7, 11) is 0. The van der Waals surface area contributed by atoms with Gasteiger partial charge in [-0.1, -0.05) is 48.5 Å². The third kappa shape index (κ3) is 3.46. The summed E-state index contributed by atoms with van der Waals surface area (Å²) in [6.45, 7) is 1.47. The lowest BCUT2D eigenvalue weighted by atomic mass is 9.92. The third-order valence-electron chi connectivity index (χ3n) is 3.09. The first-order valence-electron chi connectivity index (χ1n) is 6.50. The highest BCUT2D eigenvalue weighted by molar-refractivity contribution is 5.89. The first-order chi connectivity index (χ1) is 9.70. The molecule has 0 spiro atoms. The number of hydrogen-bond donors (Lipinski definition) is 1. The van der Waals surface area contributed by atoms with Crippen molar-refractivity contribution in [2.24, 2.45) is 0 Å². The number of carbonyl (C=O) groups is 1. The van der Waals surface area contributed by atoms with E-state index < -0.39 is 0 Å². The average molecular weight is 264 g/mol. The summed E-state index contributed by atoms with van der Waals surface area (Å²) in [5.41, 5.74) is 2.67. The Bertz CT molecular complexity index is 629. The van der Waals surface area contributed by atoms with Gasteiger partial charge in [0.05, 0.1) is 12.0 Å². The van der Waals surface area contributed by atoms with Crippen LogP contribution in [0.5, 0.6) is 0 Å². The molecule has 0 unspecified atom stereocenters. The summed E-state index contributed by atoms with van der Waals surface area (Å²) >= 11 is 0. The summed E-state index contributed by atoms with van der Waals surface area (Å²) in [6, 6.07) is 19.7. The molecule has 100 valence electrons. The van der Waals surface area contributed by atoms with Gasteiger partial charge in [0.2, 0.25) is 5.91 Å². The Morgan fingerprint density at radius 2 is 1.80 bits per heavy atom. The average Bonchev–Trinajstić information content (AvgIpc) is 2.46. The molecule has 3 nitrogen and oxygen atoms in total. The summed E-state index contributed by atoms with van der Waals surface area (Å²) in [5, 5.41) is 12.2. The Kier molecular flexibility index (Phi) is 4.52. The maximum absolute atomic E-state index is 11.2. The van der Waals surface area contributed by atoms with Crippen molar-refractivity contribution in [3.8, 4) is 6.07 Å². The van der Waals surface area contributed by atoms with E-state index >= 15 is 0 Å². The van der Waals surface area contributed by atoms with Gasteiger partial charge in [-0.15, -0.1) is 0 Å². The van der Waals surface area contributed by atoms with Crippen LogP contribution in [0.3, 0.4) is 0 Å². The number of hydrogen-bond acceptors (Lipinski definition) is 2. The maximum Gasteiger partial charge on any atom is 0.221 e. The predicted molar refractivity (Wildman–Crippen MR) is 79.2 cm³/mol. The van der Waals surface area contributed by atoms with E-state index in [4.69, 9.17) is 0 Å². The fourth-order valence-electron chi connectivity index (χ4n) is 2.18. The normalized spacial score (nSPS) is 11.4. The fraction of sp³-hybridized carbons (Fsp3) is 0.176. The number of amides is 1. The molecule has 2 aromatic carbocycles. The van der Waals surface area contributed by atoms with E-state index in [2.05, 4.69) is 11.4 Å². The number of benzene rings is 2. The summed E-state index contributed by atoms with van der Waals surface area (Å²) in [6.07, 6.45) is 0.633. The smallest absolute Gasteiger partial charge is 0.221 e. The van der Waals surface area contributed by atoms with Gasteiger partial charge in [0.15, 0.2) is 0 Å². The van der Waals surface area contributed by atoms with Crippen molar-refractivity contribution in [3.63, 3.8) is 0 Å². The standard InChI is InChI=1S/C17H16N2O/c1-13(20)19-17-10-6-5-9-16(17)15(12-18)11-14-7-3-2-4-8-14/h2-10,15H,11H2,1H3,(H,19,20)/t15-/m0/s1. The van der Waals surface area contributed by atoms with Crippen molar-refractivity contribution < 1.29 is 4.79 Å². The van der Waals surface area contributed by atoms with Crippen LogP contribution in [0.1, 0.15) is 24.0 Å². The zero-order chi connectivity index (χ0) is 14.4. The predicted octanol–water partition coefficient (Wildman–Crippen LogP) is 3.49. The number of anilines is 1. The summed E-state index contributed by atoms with van der Waals surface area (Å²) < 4.78 is 0. The first kappa shape index (κ1) is 13.8. The Balaban J connectivity index is 2.28. The molecule has 0 saturated carbocycles. The number of rotatable bonds is 4. The van der Waals surface area contributed by atoms with Crippen LogP contribution < -0.4 is 5.32 Å². The van der Waals surface area contributed by atoms with Gasteiger partial charge in [-0.3, -0.25) is 4.79 Å².